The van der Waals surface area contributed by atoms with Crippen LogP contribution in [-0.4, -0.2) is 23.1 Å². The van der Waals surface area contributed by atoms with Crippen molar-refractivity contribution in [2.24, 2.45) is 0 Å². The van der Waals surface area contributed by atoms with Gasteiger partial charge in [-0.1, -0.05) is 34.1 Å². The third kappa shape index (κ3) is 3.90. The number of hydrogen-bond acceptors (Lipinski definition) is 3. The molecule has 0 saturated carbocycles. The van der Waals surface area contributed by atoms with E-state index < -0.39 is 0 Å². The minimum atomic E-state index is 0.0627. The lowest BCUT2D eigenvalue weighted by Gasteiger charge is -2.25. The molecule has 5 heteroatoms. The number of hydrogen-bond donors (Lipinski definition) is 0. The highest BCUT2D eigenvalue weighted by atomic mass is 79.9. The maximum Gasteiger partial charge on any atom is 0.223 e. The van der Waals surface area contributed by atoms with Gasteiger partial charge in [0, 0.05) is 23.9 Å². The van der Waals surface area contributed by atoms with Crippen molar-refractivity contribution in [2.75, 3.05) is 6.54 Å². The molecule has 1 amide bonds. The molecule has 120 valence electrons. The Morgan fingerprint density at radius 1 is 1.17 bits per heavy atom. The zero-order valence-electron chi connectivity index (χ0n) is 12.7. The van der Waals surface area contributed by atoms with Crippen LogP contribution in [0.1, 0.15) is 47.0 Å². The number of rotatable bonds is 5. The number of halogens is 1. The molecular weight excluding hydrogens is 374 g/mol. The highest BCUT2D eigenvalue weighted by Gasteiger charge is 2.29. The molecule has 1 aliphatic heterocycles. The maximum absolute atomic E-state index is 12.5. The van der Waals surface area contributed by atoms with Crippen molar-refractivity contribution in [1.29, 1.82) is 0 Å². The highest BCUT2D eigenvalue weighted by Crippen LogP contribution is 2.33. The summed E-state index contributed by atoms with van der Waals surface area (Å²) in [5.41, 5.74) is 1.17. The number of ketones is 1. The van der Waals surface area contributed by atoms with Gasteiger partial charge < -0.3 is 4.90 Å². The highest BCUT2D eigenvalue weighted by molar-refractivity contribution is 9.10. The fraction of sp³-hybridized carbons (Fsp3) is 0.333. The summed E-state index contributed by atoms with van der Waals surface area (Å²) < 4.78 is 1.04. The molecule has 1 aliphatic rings. The molecule has 3 rings (SSSR count). The van der Waals surface area contributed by atoms with Crippen LogP contribution in [0, 0.1) is 0 Å². The molecule has 1 saturated heterocycles. The average molecular weight is 392 g/mol. The van der Waals surface area contributed by atoms with E-state index in [1.165, 1.54) is 16.9 Å². The Bertz CT molecular complexity index is 682. The Hall–Kier alpha value is -1.46. The Morgan fingerprint density at radius 2 is 1.96 bits per heavy atom. The molecular formula is C18H18BrNO2S. The number of amides is 1. The SMILES string of the molecule is O=C(CCC(=O)N1CCC[C@H]1c1ccc(Br)cc1)c1cccs1. The first-order valence-corrected chi connectivity index (χ1v) is 9.44. The lowest BCUT2D eigenvalue weighted by atomic mass is 10.0. The van der Waals surface area contributed by atoms with E-state index in [1.54, 1.807) is 0 Å². The van der Waals surface area contributed by atoms with E-state index in [-0.39, 0.29) is 17.7 Å². The zero-order valence-corrected chi connectivity index (χ0v) is 15.1. The molecule has 1 atom stereocenters. The molecule has 0 N–H and O–H groups in total. The first-order valence-electron chi connectivity index (χ1n) is 7.77. The Kier molecular flexibility index (Phi) is 5.28. The van der Waals surface area contributed by atoms with E-state index in [2.05, 4.69) is 28.1 Å². The number of likely N-dealkylation sites (tertiary alicyclic amines) is 1. The van der Waals surface area contributed by atoms with Crippen molar-refractivity contribution >= 4 is 39.0 Å². The van der Waals surface area contributed by atoms with Crippen LogP contribution in [0.4, 0.5) is 0 Å². The minimum absolute atomic E-state index is 0.0627. The first kappa shape index (κ1) is 16.4. The van der Waals surface area contributed by atoms with E-state index in [0.29, 0.717) is 12.8 Å². The summed E-state index contributed by atoms with van der Waals surface area (Å²) in [5.74, 6) is 0.146. The number of benzene rings is 1. The Balaban J connectivity index is 1.62. The van der Waals surface area contributed by atoms with Crippen LogP contribution >= 0.6 is 27.3 Å². The van der Waals surface area contributed by atoms with Crippen LogP contribution in [-0.2, 0) is 4.79 Å². The maximum atomic E-state index is 12.5. The number of carbonyl (C=O) groups excluding carboxylic acids is 2. The summed E-state index contributed by atoms with van der Waals surface area (Å²) in [6.07, 6.45) is 2.60. The third-order valence-electron chi connectivity index (χ3n) is 4.19. The first-order chi connectivity index (χ1) is 11.1. The molecule has 2 heterocycles. The number of nitrogens with zero attached hydrogens (tertiary/aromatic N) is 1. The Morgan fingerprint density at radius 3 is 2.65 bits per heavy atom. The van der Waals surface area contributed by atoms with E-state index >= 15 is 0 Å². The van der Waals surface area contributed by atoms with Gasteiger partial charge in [0.05, 0.1) is 10.9 Å². The van der Waals surface area contributed by atoms with Crippen LogP contribution in [0.3, 0.4) is 0 Å². The molecule has 1 aromatic heterocycles. The topological polar surface area (TPSA) is 37.4 Å². The quantitative estimate of drug-likeness (QED) is 0.683. The summed E-state index contributed by atoms with van der Waals surface area (Å²) >= 11 is 4.88. The summed E-state index contributed by atoms with van der Waals surface area (Å²) in [6.45, 7) is 0.784. The van der Waals surface area contributed by atoms with Gasteiger partial charge in [0.1, 0.15) is 0 Å². The molecule has 0 radical (unpaired) electrons. The van der Waals surface area contributed by atoms with Gasteiger partial charge in [-0.15, -0.1) is 11.3 Å². The van der Waals surface area contributed by atoms with E-state index in [1.807, 2.05) is 34.5 Å². The van der Waals surface area contributed by atoms with Gasteiger partial charge in [-0.3, -0.25) is 9.59 Å². The molecule has 3 nitrogen and oxygen atoms in total. The Labute approximate surface area is 148 Å². The average Bonchev–Trinajstić information content (AvgIpc) is 3.24. The predicted molar refractivity (Wildman–Crippen MR) is 95.7 cm³/mol. The summed E-state index contributed by atoms with van der Waals surface area (Å²) in [4.78, 5) is 27.3. The smallest absolute Gasteiger partial charge is 0.223 e. The lowest BCUT2D eigenvalue weighted by molar-refractivity contribution is -0.132. The van der Waals surface area contributed by atoms with Crippen LogP contribution in [0.5, 0.6) is 0 Å². The van der Waals surface area contributed by atoms with Gasteiger partial charge in [0.25, 0.3) is 0 Å². The number of thiophene rings is 1. The summed E-state index contributed by atoms with van der Waals surface area (Å²) in [7, 11) is 0. The monoisotopic (exact) mass is 391 g/mol. The molecule has 0 aliphatic carbocycles. The second kappa shape index (κ2) is 7.41. The molecule has 0 bridgehead atoms. The van der Waals surface area contributed by atoms with Gasteiger partial charge in [-0.25, -0.2) is 0 Å². The van der Waals surface area contributed by atoms with Gasteiger partial charge in [0.15, 0.2) is 5.78 Å². The fourth-order valence-corrected chi connectivity index (χ4v) is 3.98. The standard InChI is InChI=1S/C18H18BrNO2S/c19-14-7-5-13(6-8-14)15-3-1-11-20(15)18(22)10-9-16(21)17-4-2-12-23-17/h2,4-8,12,15H,1,3,9-11H2/t15-/m0/s1. The second-order valence-corrected chi connectivity index (χ2v) is 7.56. The zero-order chi connectivity index (χ0) is 16.2. The fourth-order valence-electron chi connectivity index (χ4n) is 3.02. The van der Waals surface area contributed by atoms with Gasteiger partial charge in [-0.2, -0.15) is 0 Å². The van der Waals surface area contributed by atoms with E-state index in [4.69, 9.17) is 0 Å². The van der Waals surface area contributed by atoms with Crippen LogP contribution in [0.15, 0.2) is 46.3 Å². The number of Topliss-reactive ketones (excluding diaryl/α,β-unsaturated/α-hetero) is 1. The normalized spacial score (nSPS) is 17.4. The van der Waals surface area contributed by atoms with Crippen LogP contribution in [0.2, 0.25) is 0 Å². The number of carbonyl (C=O) groups is 2. The van der Waals surface area contributed by atoms with E-state index in [0.717, 1.165) is 28.7 Å². The van der Waals surface area contributed by atoms with Gasteiger partial charge in [0.2, 0.25) is 5.91 Å². The summed E-state index contributed by atoms with van der Waals surface area (Å²) in [6, 6.07) is 12.0. The largest absolute Gasteiger partial charge is 0.336 e. The summed E-state index contributed by atoms with van der Waals surface area (Å²) in [5, 5.41) is 1.89. The van der Waals surface area contributed by atoms with Crippen molar-refractivity contribution in [1.82, 2.24) is 4.90 Å². The molecule has 1 aromatic carbocycles. The minimum Gasteiger partial charge on any atom is -0.336 e. The lowest BCUT2D eigenvalue weighted by Crippen LogP contribution is -2.30. The van der Waals surface area contributed by atoms with E-state index in [9.17, 15) is 9.59 Å². The second-order valence-electron chi connectivity index (χ2n) is 5.70. The van der Waals surface area contributed by atoms with Crippen molar-refractivity contribution < 1.29 is 9.59 Å². The van der Waals surface area contributed by atoms with Gasteiger partial charge in [-0.05, 0) is 42.0 Å². The molecule has 0 spiro atoms. The molecule has 2 aromatic rings. The molecule has 0 unspecified atom stereocenters. The van der Waals surface area contributed by atoms with Gasteiger partial charge >= 0.3 is 0 Å². The van der Waals surface area contributed by atoms with Crippen LogP contribution in [0.25, 0.3) is 0 Å². The predicted octanol–water partition coefficient (Wildman–Crippen LogP) is 4.84. The van der Waals surface area contributed by atoms with Crippen molar-refractivity contribution in [2.45, 2.75) is 31.7 Å². The third-order valence-corrected chi connectivity index (χ3v) is 5.63. The molecule has 1 fully saturated rings. The van der Waals surface area contributed by atoms with Crippen molar-refractivity contribution in [3.8, 4) is 0 Å². The van der Waals surface area contributed by atoms with Crippen molar-refractivity contribution in [3.63, 3.8) is 0 Å². The van der Waals surface area contributed by atoms with Crippen molar-refractivity contribution in [3.05, 3.63) is 56.7 Å². The molecule has 23 heavy (non-hydrogen) atoms. The van der Waals surface area contributed by atoms with Crippen LogP contribution < -0.4 is 0 Å².